The summed E-state index contributed by atoms with van der Waals surface area (Å²) in [6.07, 6.45) is 1.04. The van der Waals surface area contributed by atoms with Gasteiger partial charge in [-0.1, -0.05) is 20.8 Å². The van der Waals surface area contributed by atoms with Crippen molar-refractivity contribution in [2.75, 3.05) is 13.1 Å². The highest BCUT2D eigenvalue weighted by Gasteiger charge is 2.09. The quantitative estimate of drug-likeness (QED) is 0.489. The van der Waals surface area contributed by atoms with Crippen molar-refractivity contribution in [3.63, 3.8) is 0 Å². The molecule has 0 aromatic rings. The zero-order chi connectivity index (χ0) is 11.1. The fraction of sp³-hybridized carbons (Fsp3) is 0.917. The van der Waals surface area contributed by atoms with E-state index in [-0.39, 0.29) is 0 Å². The van der Waals surface area contributed by atoms with Gasteiger partial charge in [-0.3, -0.25) is 4.99 Å². The van der Waals surface area contributed by atoms with Crippen LogP contribution in [0.1, 0.15) is 48.0 Å². The standard InChI is InChI=1S/C12H26N2/c1-7-12(13-11(5)6)14(8-2)9-10(3)4/h10-11H,7-9H2,1-6H3/b13-12+. The van der Waals surface area contributed by atoms with Crippen LogP contribution in [0, 0.1) is 5.92 Å². The van der Waals surface area contributed by atoms with Crippen LogP contribution in [-0.2, 0) is 0 Å². The smallest absolute Gasteiger partial charge is 0.0989 e. The summed E-state index contributed by atoms with van der Waals surface area (Å²) < 4.78 is 0. The Morgan fingerprint density at radius 2 is 1.71 bits per heavy atom. The zero-order valence-electron chi connectivity index (χ0n) is 10.7. The van der Waals surface area contributed by atoms with Crippen LogP contribution in [0.15, 0.2) is 4.99 Å². The first-order valence-electron chi connectivity index (χ1n) is 5.82. The molecular formula is C12H26N2. The molecule has 0 rings (SSSR count). The van der Waals surface area contributed by atoms with Crippen LogP contribution in [0.3, 0.4) is 0 Å². The number of aliphatic imine (C=N–C) groups is 1. The molecule has 0 spiro atoms. The number of hydrogen-bond acceptors (Lipinski definition) is 1. The fourth-order valence-corrected chi connectivity index (χ4v) is 1.55. The zero-order valence-corrected chi connectivity index (χ0v) is 10.7. The van der Waals surface area contributed by atoms with Crippen LogP contribution >= 0.6 is 0 Å². The summed E-state index contributed by atoms with van der Waals surface area (Å²) in [6, 6.07) is 0.408. The highest BCUT2D eigenvalue weighted by atomic mass is 15.2. The Morgan fingerprint density at radius 1 is 1.14 bits per heavy atom. The van der Waals surface area contributed by atoms with E-state index in [1.807, 2.05) is 0 Å². The van der Waals surface area contributed by atoms with E-state index in [2.05, 4.69) is 51.4 Å². The van der Waals surface area contributed by atoms with E-state index in [0.29, 0.717) is 12.0 Å². The number of nitrogens with zero attached hydrogens (tertiary/aromatic N) is 2. The molecule has 0 bridgehead atoms. The molecule has 0 heterocycles. The first-order valence-corrected chi connectivity index (χ1v) is 5.82. The molecule has 2 nitrogen and oxygen atoms in total. The van der Waals surface area contributed by atoms with E-state index in [0.717, 1.165) is 19.5 Å². The third-order valence-corrected chi connectivity index (χ3v) is 2.06. The van der Waals surface area contributed by atoms with Gasteiger partial charge in [-0.2, -0.15) is 0 Å². The van der Waals surface area contributed by atoms with Crippen molar-refractivity contribution in [1.82, 2.24) is 4.90 Å². The van der Waals surface area contributed by atoms with Gasteiger partial charge >= 0.3 is 0 Å². The molecule has 0 unspecified atom stereocenters. The SMILES string of the molecule is CC/C(=N\C(C)C)N(CC)CC(C)C. The molecule has 0 aliphatic heterocycles. The van der Waals surface area contributed by atoms with E-state index >= 15 is 0 Å². The predicted octanol–water partition coefficient (Wildman–Crippen LogP) is 3.18. The van der Waals surface area contributed by atoms with Gasteiger partial charge in [0.1, 0.15) is 0 Å². The summed E-state index contributed by atoms with van der Waals surface area (Å²) in [4.78, 5) is 7.06. The topological polar surface area (TPSA) is 15.6 Å². The molecule has 2 heteroatoms. The summed E-state index contributed by atoms with van der Waals surface area (Å²) in [7, 11) is 0. The lowest BCUT2D eigenvalue weighted by molar-refractivity contribution is 0.373. The fourth-order valence-electron chi connectivity index (χ4n) is 1.55. The summed E-state index contributed by atoms with van der Waals surface area (Å²) in [5.74, 6) is 1.97. The van der Waals surface area contributed by atoms with Crippen molar-refractivity contribution >= 4 is 5.84 Å². The molecule has 0 radical (unpaired) electrons. The largest absolute Gasteiger partial charge is 0.360 e. The van der Waals surface area contributed by atoms with Gasteiger partial charge in [-0.05, 0) is 26.7 Å². The maximum atomic E-state index is 4.66. The van der Waals surface area contributed by atoms with E-state index in [1.54, 1.807) is 0 Å². The van der Waals surface area contributed by atoms with Gasteiger partial charge in [0.15, 0.2) is 0 Å². The minimum absolute atomic E-state index is 0.408. The maximum absolute atomic E-state index is 4.66. The lowest BCUT2D eigenvalue weighted by Crippen LogP contribution is -2.34. The highest BCUT2D eigenvalue weighted by Crippen LogP contribution is 2.04. The monoisotopic (exact) mass is 198 g/mol. The first kappa shape index (κ1) is 13.5. The van der Waals surface area contributed by atoms with Crippen LogP contribution in [0.5, 0.6) is 0 Å². The third kappa shape index (κ3) is 5.25. The Hall–Kier alpha value is -0.530. The molecule has 0 aliphatic rings. The molecule has 14 heavy (non-hydrogen) atoms. The van der Waals surface area contributed by atoms with Crippen LogP contribution in [-0.4, -0.2) is 29.9 Å². The number of hydrogen-bond donors (Lipinski definition) is 0. The van der Waals surface area contributed by atoms with E-state index in [4.69, 9.17) is 0 Å². The van der Waals surface area contributed by atoms with Gasteiger partial charge < -0.3 is 4.90 Å². The molecule has 0 aromatic carbocycles. The molecule has 0 aromatic heterocycles. The predicted molar refractivity (Wildman–Crippen MR) is 64.9 cm³/mol. The van der Waals surface area contributed by atoms with Gasteiger partial charge in [-0.25, -0.2) is 0 Å². The second kappa shape index (κ2) is 6.86. The summed E-state index contributed by atoms with van der Waals surface area (Å²) >= 11 is 0. The molecular weight excluding hydrogens is 172 g/mol. The van der Waals surface area contributed by atoms with Crippen molar-refractivity contribution in [3.8, 4) is 0 Å². The van der Waals surface area contributed by atoms with Crippen molar-refractivity contribution in [2.24, 2.45) is 10.9 Å². The normalized spacial score (nSPS) is 12.7. The van der Waals surface area contributed by atoms with Crippen LogP contribution in [0.4, 0.5) is 0 Å². The Balaban J connectivity index is 4.44. The third-order valence-electron chi connectivity index (χ3n) is 2.06. The first-order chi connectivity index (χ1) is 6.51. The van der Waals surface area contributed by atoms with Gasteiger partial charge in [0.25, 0.3) is 0 Å². The van der Waals surface area contributed by atoms with Gasteiger partial charge in [-0.15, -0.1) is 0 Å². The van der Waals surface area contributed by atoms with Crippen molar-refractivity contribution in [2.45, 2.75) is 54.0 Å². The summed E-state index contributed by atoms with van der Waals surface area (Å²) in [6.45, 7) is 15.4. The molecule has 0 atom stereocenters. The van der Waals surface area contributed by atoms with E-state index < -0.39 is 0 Å². The molecule has 0 N–H and O–H groups in total. The van der Waals surface area contributed by atoms with Crippen LogP contribution in [0.2, 0.25) is 0 Å². The average Bonchev–Trinajstić information content (AvgIpc) is 2.10. The number of amidine groups is 1. The van der Waals surface area contributed by atoms with Gasteiger partial charge in [0, 0.05) is 25.6 Å². The number of rotatable bonds is 5. The van der Waals surface area contributed by atoms with Gasteiger partial charge in [0.2, 0.25) is 0 Å². The minimum Gasteiger partial charge on any atom is -0.360 e. The highest BCUT2D eigenvalue weighted by molar-refractivity contribution is 5.82. The average molecular weight is 198 g/mol. The van der Waals surface area contributed by atoms with Crippen molar-refractivity contribution in [3.05, 3.63) is 0 Å². The maximum Gasteiger partial charge on any atom is 0.0989 e. The Labute approximate surface area is 89.4 Å². The molecule has 0 saturated carbocycles. The van der Waals surface area contributed by atoms with Crippen molar-refractivity contribution in [1.29, 1.82) is 0 Å². The molecule has 84 valence electrons. The summed E-state index contributed by atoms with van der Waals surface area (Å²) in [5.41, 5.74) is 0. The Kier molecular flexibility index (Phi) is 6.60. The second-order valence-electron chi connectivity index (χ2n) is 4.43. The molecule has 0 fully saturated rings. The van der Waals surface area contributed by atoms with Crippen LogP contribution < -0.4 is 0 Å². The summed E-state index contributed by atoms with van der Waals surface area (Å²) in [5, 5.41) is 0. The molecule has 0 amide bonds. The molecule has 0 saturated heterocycles. The lowest BCUT2D eigenvalue weighted by Gasteiger charge is -2.26. The molecule has 0 aliphatic carbocycles. The minimum atomic E-state index is 0.408. The van der Waals surface area contributed by atoms with Gasteiger partial charge in [0.05, 0.1) is 5.84 Å². The Morgan fingerprint density at radius 3 is 2.00 bits per heavy atom. The Bertz CT molecular complexity index is 171. The lowest BCUT2D eigenvalue weighted by atomic mass is 10.2. The van der Waals surface area contributed by atoms with E-state index in [9.17, 15) is 0 Å². The van der Waals surface area contributed by atoms with Crippen LogP contribution in [0.25, 0.3) is 0 Å². The second-order valence-corrected chi connectivity index (χ2v) is 4.43. The van der Waals surface area contributed by atoms with E-state index in [1.165, 1.54) is 5.84 Å². The van der Waals surface area contributed by atoms with Crippen molar-refractivity contribution < 1.29 is 0 Å².